The first kappa shape index (κ1) is 11.5. The third-order valence-corrected chi connectivity index (χ3v) is 2.26. The van der Waals surface area contributed by atoms with Crippen molar-refractivity contribution in [2.75, 3.05) is 14.2 Å². The molecule has 1 rings (SSSR count). The fourth-order valence-electron chi connectivity index (χ4n) is 1.46. The minimum Gasteiger partial charge on any atom is -0.469 e. The third kappa shape index (κ3) is 2.26. The van der Waals surface area contributed by atoms with Gasteiger partial charge in [0.1, 0.15) is 0 Å². The monoisotopic (exact) mass is 216 g/mol. The predicted molar refractivity (Wildman–Crippen MR) is 46.7 cm³/mol. The molecule has 6 heteroatoms. The van der Waals surface area contributed by atoms with Gasteiger partial charge in [-0.2, -0.15) is 0 Å². The fraction of sp³-hybridized carbons (Fsp3) is 0.667. The van der Waals surface area contributed by atoms with Crippen molar-refractivity contribution >= 4 is 17.9 Å². The van der Waals surface area contributed by atoms with Gasteiger partial charge in [0.05, 0.1) is 20.6 Å². The Morgan fingerprint density at radius 3 is 2.47 bits per heavy atom. The summed E-state index contributed by atoms with van der Waals surface area (Å²) in [6.07, 6.45) is -0.0540. The summed E-state index contributed by atoms with van der Waals surface area (Å²) in [4.78, 5) is 33.5. The first-order valence-corrected chi connectivity index (χ1v) is 4.41. The standard InChI is InChI=1S/C9H12O6/c1-13-7(11)5-9(8(12)14-2)4-3-6(10)15-9/h3-5H2,1-2H3/t9-/m0/s1. The molecule has 1 atom stereocenters. The van der Waals surface area contributed by atoms with Crippen LogP contribution in [0.15, 0.2) is 0 Å². The van der Waals surface area contributed by atoms with Crippen LogP contribution in [0.25, 0.3) is 0 Å². The van der Waals surface area contributed by atoms with Crippen LogP contribution in [0.5, 0.6) is 0 Å². The van der Waals surface area contributed by atoms with Crippen molar-refractivity contribution in [2.45, 2.75) is 24.9 Å². The second-order valence-electron chi connectivity index (χ2n) is 3.21. The Labute approximate surface area is 86.5 Å². The summed E-state index contributed by atoms with van der Waals surface area (Å²) in [5, 5.41) is 0. The van der Waals surface area contributed by atoms with Crippen LogP contribution in [0.2, 0.25) is 0 Å². The van der Waals surface area contributed by atoms with Crippen molar-refractivity contribution in [2.24, 2.45) is 0 Å². The average Bonchev–Trinajstić information content (AvgIpc) is 2.59. The van der Waals surface area contributed by atoms with Gasteiger partial charge in [-0.25, -0.2) is 4.79 Å². The molecule has 1 fully saturated rings. The lowest BCUT2D eigenvalue weighted by Gasteiger charge is -2.22. The van der Waals surface area contributed by atoms with Crippen molar-refractivity contribution < 1.29 is 28.6 Å². The van der Waals surface area contributed by atoms with Gasteiger partial charge in [-0.1, -0.05) is 0 Å². The summed E-state index contributed by atoms with van der Waals surface area (Å²) >= 11 is 0. The summed E-state index contributed by atoms with van der Waals surface area (Å²) in [5.41, 5.74) is -1.49. The van der Waals surface area contributed by atoms with Crippen LogP contribution in [0.1, 0.15) is 19.3 Å². The topological polar surface area (TPSA) is 78.9 Å². The third-order valence-electron chi connectivity index (χ3n) is 2.26. The molecule has 0 unspecified atom stereocenters. The van der Waals surface area contributed by atoms with Gasteiger partial charge in [0.2, 0.25) is 5.60 Å². The van der Waals surface area contributed by atoms with Crippen LogP contribution in [0.4, 0.5) is 0 Å². The highest BCUT2D eigenvalue weighted by molar-refractivity contribution is 5.90. The van der Waals surface area contributed by atoms with Crippen LogP contribution in [0, 0.1) is 0 Å². The molecule has 0 aliphatic carbocycles. The van der Waals surface area contributed by atoms with E-state index < -0.39 is 23.5 Å². The number of rotatable bonds is 3. The lowest BCUT2D eigenvalue weighted by Crippen LogP contribution is -2.41. The molecule has 0 spiro atoms. The molecule has 0 radical (unpaired) electrons. The Bertz CT molecular complexity index is 297. The minimum absolute atomic E-state index is 0.103. The van der Waals surface area contributed by atoms with E-state index in [0.717, 1.165) is 0 Å². The zero-order chi connectivity index (χ0) is 11.5. The second kappa shape index (κ2) is 4.29. The molecular formula is C9H12O6. The Morgan fingerprint density at radius 1 is 1.40 bits per heavy atom. The Morgan fingerprint density at radius 2 is 2.07 bits per heavy atom. The van der Waals surface area contributed by atoms with E-state index in [2.05, 4.69) is 9.47 Å². The van der Waals surface area contributed by atoms with Crippen molar-refractivity contribution in [3.63, 3.8) is 0 Å². The first-order chi connectivity index (χ1) is 7.04. The molecule has 15 heavy (non-hydrogen) atoms. The van der Waals surface area contributed by atoms with Gasteiger partial charge in [0, 0.05) is 12.8 Å². The summed E-state index contributed by atoms with van der Waals surface area (Å²) in [6.45, 7) is 0. The van der Waals surface area contributed by atoms with Gasteiger partial charge in [-0.3, -0.25) is 9.59 Å². The first-order valence-electron chi connectivity index (χ1n) is 4.41. The largest absolute Gasteiger partial charge is 0.469 e. The van der Waals surface area contributed by atoms with Gasteiger partial charge in [-0.15, -0.1) is 0 Å². The smallest absolute Gasteiger partial charge is 0.350 e. The molecule has 0 aromatic rings. The van der Waals surface area contributed by atoms with E-state index in [9.17, 15) is 14.4 Å². The van der Waals surface area contributed by atoms with E-state index in [1.807, 2.05) is 0 Å². The zero-order valence-electron chi connectivity index (χ0n) is 8.57. The number of esters is 3. The van der Waals surface area contributed by atoms with Crippen LogP contribution in [-0.4, -0.2) is 37.7 Å². The molecule has 0 aromatic carbocycles. The molecule has 1 aliphatic heterocycles. The zero-order valence-corrected chi connectivity index (χ0v) is 8.57. The fourth-order valence-corrected chi connectivity index (χ4v) is 1.46. The van der Waals surface area contributed by atoms with Crippen molar-refractivity contribution in [3.8, 4) is 0 Å². The molecule has 1 heterocycles. The highest BCUT2D eigenvalue weighted by Crippen LogP contribution is 2.31. The Hall–Kier alpha value is -1.59. The van der Waals surface area contributed by atoms with E-state index in [0.29, 0.717) is 0 Å². The number of carbonyl (C=O) groups excluding carboxylic acids is 3. The van der Waals surface area contributed by atoms with E-state index in [1.54, 1.807) is 0 Å². The highest BCUT2D eigenvalue weighted by Gasteiger charge is 2.50. The summed E-state index contributed by atoms with van der Waals surface area (Å²) < 4.78 is 13.8. The van der Waals surface area contributed by atoms with Crippen LogP contribution in [-0.2, 0) is 28.6 Å². The SMILES string of the molecule is COC(=O)C[C@]1(C(=O)OC)CCC(=O)O1. The molecule has 1 aliphatic rings. The van der Waals surface area contributed by atoms with Crippen LogP contribution >= 0.6 is 0 Å². The van der Waals surface area contributed by atoms with Crippen LogP contribution in [0.3, 0.4) is 0 Å². The Balaban J connectivity index is 2.82. The van der Waals surface area contributed by atoms with Crippen molar-refractivity contribution in [1.82, 2.24) is 0 Å². The van der Waals surface area contributed by atoms with E-state index in [1.165, 1.54) is 14.2 Å². The lowest BCUT2D eigenvalue weighted by molar-refractivity contribution is -0.176. The lowest BCUT2D eigenvalue weighted by atomic mass is 9.96. The normalized spacial score (nSPS) is 24.5. The molecule has 6 nitrogen and oxygen atoms in total. The molecule has 0 saturated carbocycles. The molecule has 0 aromatic heterocycles. The number of carbonyl (C=O) groups is 3. The molecule has 0 bridgehead atoms. The maximum atomic E-state index is 11.4. The summed E-state index contributed by atoms with van der Waals surface area (Å²) in [6, 6.07) is 0. The van der Waals surface area contributed by atoms with Gasteiger partial charge in [0.25, 0.3) is 0 Å². The second-order valence-corrected chi connectivity index (χ2v) is 3.21. The molecule has 1 saturated heterocycles. The molecular weight excluding hydrogens is 204 g/mol. The predicted octanol–water partition coefficient (Wildman–Crippen LogP) is -0.202. The van der Waals surface area contributed by atoms with Gasteiger partial charge >= 0.3 is 17.9 Å². The number of cyclic esters (lactones) is 1. The van der Waals surface area contributed by atoms with E-state index in [-0.39, 0.29) is 19.3 Å². The maximum absolute atomic E-state index is 11.4. The minimum atomic E-state index is -1.49. The van der Waals surface area contributed by atoms with Gasteiger partial charge in [-0.05, 0) is 0 Å². The summed E-state index contributed by atoms with van der Waals surface area (Å²) in [5.74, 6) is -1.85. The number of hydrogen-bond donors (Lipinski definition) is 0. The quantitative estimate of drug-likeness (QED) is 0.480. The van der Waals surface area contributed by atoms with Gasteiger partial charge in [0.15, 0.2) is 0 Å². The highest BCUT2D eigenvalue weighted by atomic mass is 16.6. The van der Waals surface area contributed by atoms with Gasteiger partial charge < -0.3 is 14.2 Å². The number of hydrogen-bond acceptors (Lipinski definition) is 6. The van der Waals surface area contributed by atoms with E-state index in [4.69, 9.17) is 4.74 Å². The molecule has 0 N–H and O–H groups in total. The van der Waals surface area contributed by atoms with E-state index >= 15 is 0 Å². The molecule has 0 amide bonds. The summed E-state index contributed by atoms with van der Waals surface area (Å²) in [7, 11) is 2.37. The number of methoxy groups -OCH3 is 2. The molecule has 84 valence electrons. The van der Waals surface area contributed by atoms with Crippen molar-refractivity contribution in [1.29, 1.82) is 0 Å². The average molecular weight is 216 g/mol. The number of ether oxygens (including phenoxy) is 3. The maximum Gasteiger partial charge on any atom is 0.350 e. The van der Waals surface area contributed by atoms with Crippen LogP contribution < -0.4 is 0 Å². The Kier molecular flexibility index (Phi) is 3.28. The van der Waals surface area contributed by atoms with Crippen molar-refractivity contribution in [3.05, 3.63) is 0 Å².